The van der Waals surface area contributed by atoms with Gasteiger partial charge in [0.25, 0.3) is 0 Å². The average Bonchev–Trinajstić information content (AvgIpc) is 2.49. The Morgan fingerprint density at radius 3 is 2.60 bits per heavy atom. The van der Waals surface area contributed by atoms with Gasteiger partial charge >= 0.3 is 0 Å². The molecule has 78 valence electrons. The number of halogens is 2. The molecule has 0 spiro atoms. The Kier molecular flexibility index (Phi) is 2.15. The summed E-state index contributed by atoms with van der Waals surface area (Å²) in [5.74, 6) is -0.946. The number of benzene rings is 1. The molecule has 0 amide bonds. The molecule has 0 saturated heterocycles. The van der Waals surface area contributed by atoms with Crippen LogP contribution in [0.4, 0.5) is 14.7 Å². The Balaban J connectivity index is 2.59. The van der Waals surface area contributed by atoms with Gasteiger partial charge in [-0.15, -0.1) is 0 Å². The second-order valence-corrected chi connectivity index (χ2v) is 3.18. The van der Waals surface area contributed by atoms with Crippen LogP contribution >= 0.6 is 0 Å². The Bertz CT molecular complexity index is 505. The highest BCUT2D eigenvalue weighted by Gasteiger charge is 2.11. The monoisotopic (exact) mass is 209 g/mol. The maximum atomic E-state index is 13.4. The van der Waals surface area contributed by atoms with Gasteiger partial charge in [-0.25, -0.2) is 13.8 Å². The summed E-state index contributed by atoms with van der Waals surface area (Å²) in [6.45, 7) is 0. The number of hydrogen-bond donors (Lipinski definition) is 1. The van der Waals surface area contributed by atoms with Crippen molar-refractivity contribution in [3.63, 3.8) is 0 Å². The molecule has 0 aliphatic rings. The van der Waals surface area contributed by atoms with E-state index in [4.69, 9.17) is 5.73 Å². The second kappa shape index (κ2) is 3.34. The highest BCUT2D eigenvalue weighted by molar-refractivity contribution is 5.61. The Hall–Kier alpha value is -1.91. The normalized spacial score (nSPS) is 10.6. The molecule has 0 radical (unpaired) electrons. The van der Waals surface area contributed by atoms with Gasteiger partial charge in [0.15, 0.2) is 5.95 Å². The van der Waals surface area contributed by atoms with Crippen molar-refractivity contribution in [3.8, 4) is 11.3 Å². The first-order valence-corrected chi connectivity index (χ1v) is 4.32. The molecule has 0 aliphatic heterocycles. The number of rotatable bonds is 1. The standard InChI is InChI=1S/C10H9F2N3/c1-15-9(5-14-10(15)13)7-3-2-6(11)4-8(7)12/h2-5H,1H3,(H2,13,14). The summed E-state index contributed by atoms with van der Waals surface area (Å²) in [5, 5.41) is 0. The zero-order valence-corrected chi connectivity index (χ0v) is 8.04. The van der Waals surface area contributed by atoms with E-state index in [2.05, 4.69) is 4.98 Å². The molecule has 0 unspecified atom stereocenters. The fourth-order valence-corrected chi connectivity index (χ4v) is 1.37. The topological polar surface area (TPSA) is 43.8 Å². The average molecular weight is 209 g/mol. The van der Waals surface area contributed by atoms with Crippen LogP contribution in [0, 0.1) is 11.6 Å². The zero-order chi connectivity index (χ0) is 11.0. The van der Waals surface area contributed by atoms with Gasteiger partial charge in [-0.3, -0.25) is 0 Å². The fourth-order valence-electron chi connectivity index (χ4n) is 1.37. The lowest BCUT2D eigenvalue weighted by atomic mass is 10.1. The first-order valence-electron chi connectivity index (χ1n) is 4.32. The van der Waals surface area contributed by atoms with Gasteiger partial charge in [0.1, 0.15) is 11.6 Å². The minimum Gasteiger partial charge on any atom is -0.369 e. The van der Waals surface area contributed by atoms with Crippen molar-refractivity contribution in [2.24, 2.45) is 7.05 Å². The van der Waals surface area contributed by atoms with E-state index < -0.39 is 11.6 Å². The smallest absolute Gasteiger partial charge is 0.200 e. The van der Waals surface area contributed by atoms with Gasteiger partial charge in [-0.2, -0.15) is 0 Å². The number of nitrogens with two attached hydrogens (primary N) is 1. The van der Waals surface area contributed by atoms with E-state index >= 15 is 0 Å². The molecular formula is C10H9F2N3. The highest BCUT2D eigenvalue weighted by atomic mass is 19.1. The summed E-state index contributed by atoms with van der Waals surface area (Å²) < 4.78 is 27.6. The van der Waals surface area contributed by atoms with E-state index in [1.165, 1.54) is 22.9 Å². The van der Waals surface area contributed by atoms with Gasteiger partial charge in [-0.1, -0.05) is 0 Å². The molecule has 2 rings (SSSR count). The number of imidazole rings is 1. The number of nitrogens with zero attached hydrogens (tertiary/aromatic N) is 2. The summed E-state index contributed by atoms with van der Waals surface area (Å²) in [7, 11) is 1.67. The van der Waals surface area contributed by atoms with Crippen LogP contribution in [-0.2, 0) is 7.05 Å². The second-order valence-electron chi connectivity index (χ2n) is 3.18. The fraction of sp³-hybridized carbons (Fsp3) is 0.100. The molecule has 15 heavy (non-hydrogen) atoms. The summed E-state index contributed by atoms with van der Waals surface area (Å²) in [6.07, 6.45) is 1.45. The van der Waals surface area contributed by atoms with Crippen molar-refractivity contribution in [1.29, 1.82) is 0 Å². The molecule has 1 aromatic heterocycles. The molecule has 0 bridgehead atoms. The Morgan fingerprint density at radius 2 is 2.07 bits per heavy atom. The largest absolute Gasteiger partial charge is 0.369 e. The van der Waals surface area contributed by atoms with Crippen molar-refractivity contribution in [2.45, 2.75) is 0 Å². The molecule has 0 fully saturated rings. The van der Waals surface area contributed by atoms with E-state index in [1.54, 1.807) is 7.05 Å². The molecule has 0 aliphatic carbocycles. The van der Waals surface area contributed by atoms with E-state index in [0.717, 1.165) is 6.07 Å². The Morgan fingerprint density at radius 1 is 1.33 bits per heavy atom. The number of nitrogen functional groups attached to an aromatic ring is 1. The van der Waals surface area contributed by atoms with Gasteiger partial charge < -0.3 is 10.3 Å². The lowest BCUT2D eigenvalue weighted by molar-refractivity contribution is 0.585. The molecular weight excluding hydrogens is 200 g/mol. The third-order valence-electron chi connectivity index (χ3n) is 2.23. The Labute approximate surface area is 85.2 Å². The SMILES string of the molecule is Cn1c(-c2ccc(F)cc2F)cnc1N. The van der Waals surface area contributed by atoms with Gasteiger partial charge in [0, 0.05) is 18.7 Å². The third kappa shape index (κ3) is 1.56. The van der Waals surface area contributed by atoms with Crippen molar-refractivity contribution < 1.29 is 8.78 Å². The molecule has 2 aromatic rings. The van der Waals surface area contributed by atoms with E-state index in [-0.39, 0.29) is 11.5 Å². The van der Waals surface area contributed by atoms with Gasteiger partial charge in [0.2, 0.25) is 0 Å². The molecule has 5 heteroatoms. The predicted octanol–water partition coefficient (Wildman–Crippen LogP) is 1.95. The first kappa shape index (κ1) is 9.64. The molecule has 1 aromatic carbocycles. The number of hydrogen-bond acceptors (Lipinski definition) is 2. The number of anilines is 1. The third-order valence-corrected chi connectivity index (χ3v) is 2.23. The molecule has 2 N–H and O–H groups in total. The van der Waals surface area contributed by atoms with Gasteiger partial charge in [0.05, 0.1) is 11.9 Å². The van der Waals surface area contributed by atoms with Crippen LogP contribution in [-0.4, -0.2) is 9.55 Å². The van der Waals surface area contributed by atoms with Crippen molar-refractivity contribution >= 4 is 5.95 Å². The summed E-state index contributed by atoms with van der Waals surface area (Å²) in [4.78, 5) is 3.84. The summed E-state index contributed by atoms with van der Waals surface area (Å²) in [6, 6.07) is 3.39. The molecule has 0 saturated carbocycles. The minimum atomic E-state index is -0.627. The molecule has 1 heterocycles. The number of aromatic nitrogens is 2. The predicted molar refractivity (Wildman–Crippen MR) is 53.0 cm³/mol. The van der Waals surface area contributed by atoms with E-state index in [1.807, 2.05) is 0 Å². The zero-order valence-electron chi connectivity index (χ0n) is 8.04. The minimum absolute atomic E-state index is 0.281. The van der Waals surface area contributed by atoms with Crippen molar-refractivity contribution in [3.05, 3.63) is 36.0 Å². The summed E-state index contributed by atoms with van der Waals surface area (Å²) >= 11 is 0. The summed E-state index contributed by atoms with van der Waals surface area (Å²) in [5.41, 5.74) is 6.31. The van der Waals surface area contributed by atoms with Crippen molar-refractivity contribution in [2.75, 3.05) is 5.73 Å². The van der Waals surface area contributed by atoms with Crippen LogP contribution in [0.1, 0.15) is 0 Å². The van der Waals surface area contributed by atoms with Crippen molar-refractivity contribution in [1.82, 2.24) is 9.55 Å². The van der Waals surface area contributed by atoms with E-state index in [9.17, 15) is 8.78 Å². The maximum Gasteiger partial charge on any atom is 0.200 e. The van der Waals surface area contributed by atoms with E-state index in [0.29, 0.717) is 5.69 Å². The maximum absolute atomic E-state index is 13.4. The van der Waals surface area contributed by atoms with Crippen LogP contribution in [0.25, 0.3) is 11.3 Å². The van der Waals surface area contributed by atoms with Gasteiger partial charge in [-0.05, 0) is 12.1 Å². The van der Waals surface area contributed by atoms with Crippen LogP contribution in [0.5, 0.6) is 0 Å². The van der Waals surface area contributed by atoms with Crippen LogP contribution in [0.15, 0.2) is 24.4 Å². The van der Waals surface area contributed by atoms with Crippen LogP contribution < -0.4 is 5.73 Å². The first-order chi connectivity index (χ1) is 7.09. The lowest BCUT2D eigenvalue weighted by Crippen LogP contribution is -1.99. The molecule has 0 atom stereocenters. The van der Waals surface area contributed by atoms with Crippen LogP contribution in [0.3, 0.4) is 0 Å². The highest BCUT2D eigenvalue weighted by Crippen LogP contribution is 2.24. The van der Waals surface area contributed by atoms with Crippen LogP contribution in [0.2, 0.25) is 0 Å². The lowest BCUT2D eigenvalue weighted by Gasteiger charge is -2.04. The molecule has 3 nitrogen and oxygen atoms in total. The quantitative estimate of drug-likeness (QED) is 0.780.